The topological polar surface area (TPSA) is 197 Å². The van der Waals surface area contributed by atoms with E-state index < -0.39 is 54.5 Å². The number of carboxylic acid groups (broad SMARTS) is 1. The van der Waals surface area contributed by atoms with Crippen LogP contribution in [0.5, 0.6) is 0 Å². The second kappa shape index (κ2) is 13.9. The number of unbranched alkanes of at least 4 members (excludes halogenated alkanes) is 1. The van der Waals surface area contributed by atoms with Gasteiger partial charge in [0.1, 0.15) is 18.6 Å². The number of rotatable bonds is 14. The first kappa shape index (κ1) is 26.8. The first-order valence-electron chi connectivity index (χ1n) is 9.79. The molecule has 0 spiro atoms. The molecular formula is C18H35N5O6. The van der Waals surface area contributed by atoms with Crippen molar-refractivity contribution in [2.45, 2.75) is 70.7 Å². The van der Waals surface area contributed by atoms with Crippen LogP contribution >= 0.6 is 0 Å². The van der Waals surface area contributed by atoms with Crippen LogP contribution in [0.2, 0.25) is 0 Å². The van der Waals surface area contributed by atoms with Crippen LogP contribution in [0.1, 0.15) is 46.5 Å². The number of aliphatic hydroxyl groups is 1. The number of carboxylic acids is 1. The van der Waals surface area contributed by atoms with Gasteiger partial charge < -0.3 is 37.6 Å². The van der Waals surface area contributed by atoms with Crippen LogP contribution in [0, 0.1) is 5.92 Å². The summed E-state index contributed by atoms with van der Waals surface area (Å²) in [5.41, 5.74) is 11.3. The molecule has 0 rings (SSSR count). The molecule has 0 aliphatic rings. The van der Waals surface area contributed by atoms with Gasteiger partial charge in [-0.25, -0.2) is 0 Å². The highest BCUT2D eigenvalue weighted by Crippen LogP contribution is 2.10. The minimum atomic E-state index is -1.37. The normalized spacial score (nSPS) is 16.1. The van der Waals surface area contributed by atoms with Crippen LogP contribution in [0.4, 0.5) is 0 Å². The van der Waals surface area contributed by atoms with E-state index in [1.165, 1.54) is 6.92 Å². The van der Waals surface area contributed by atoms with Gasteiger partial charge in [0.05, 0.1) is 12.1 Å². The number of nitrogens with one attached hydrogen (secondary N) is 3. The molecule has 168 valence electrons. The van der Waals surface area contributed by atoms with Crippen molar-refractivity contribution in [1.29, 1.82) is 0 Å². The monoisotopic (exact) mass is 417 g/mol. The Kier molecular flexibility index (Phi) is 12.8. The van der Waals surface area contributed by atoms with E-state index in [4.69, 9.17) is 16.6 Å². The number of carbonyl (C=O) groups excluding carboxylic acids is 3. The number of nitrogens with two attached hydrogens (primary N) is 2. The Balaban J connectivity index is 5.14. The van der Waals surface area contributed by atoms with Crippen molar-refractivity contribution in [3.05, 3.63) is 0 Å². The average Bonchev–Trinajstić information content (AvgIpc) is 2.66. The van der Waals surface area contributed by atoms with Crippen molar-refractivity contribution < 1.29 is 29.4 Å². The zero-order valence-electron chi connectivity index (χ0n) is 17.3. The van der Waals surface area contributed by atoms with Gasteiger partial charge in [0, 0.05) is 0 Å². The fraction of sp³-hybridized carbons (Fsp3) is 0.778. The summed E-state index contributed by atoms with van der Waals surface area (Å²) in [5.74, 6) is -3.54. The van der Waals surface area contributed by atoms with Crippen molar-refractivity contribution >= 4 is 23.7 Å². The smallest absolute Gasteiger partial charge is 0.322 e. The number of carbonyl (C=O) groups is 4. The molecule has 3 amide bonds. The van der Waals surface area contributed by atoms with Gasteiger partial charge in [0.15, 0.2) is 0 Å². The molecular weight excluding hydrogens is 382 g/mol. The maximum absolute atomic E-state index is 12.7. The lowest BCUT2D eigenvalue weighted by molar-refractivity contribution is -0.139. The Bertz CT molecular complexity index is 557. The molecule has 11 heteroatoms. The summed E-state index contributed by atoms with van der Waals surface area (Å²) in [6.45, 7) is 4.73. The highest BCUT2D eigenvalue weighted by Gasteiger charge is 2.32. The average molecular weight is 418 g/mol. The lowest BCUT2D eigenvalue weighted by Crippen LogP contribution is -2.60. The van der Waals surface area contributed by atoms with Crippen molar-refractivity contribution in [3.8, 4) is 0 Å². The van der Waals surface area contributed by atoms with Gasteiger partial charge in [-0.3, -0.25) is 19.2 Å². The van der Waals surface area contributed by atoms with Gasteiger partial charge in [-0.1, -0.05) is 26.7 Å². The van der Waals surface area contributed by atoms with E-state index in [0.29, 0.717) is 25.8 Å². The van der Waals surface area contributed by atoms with Crippen LogP contribution in [-0.4, -0.2) is 71.2 Å². The second-order valence-electron chi connectivity index (χ2n) is 7.10. The number of hydrogen-bond acceptors (Lipinski definition) is 7. The van der Waals surface area contributed by atoms with E-state index in [1.807, 2.05) is 6.92 Å². The molecule has 0 aromatic carbocycles. The molecule has 0 bridgehead atoms. The van der Waals surface area contributed by atoms with Gasteiger partial charge in [-0.15, -0.1) is 0 Å². The Morgan fingerprint density at radius 1 is 0.966 bits per heavy atom. The molecule has 5 atom stereocenters. The Hall–Kier alpha value is -2.24. The molecule has 5 unspecified atom stereocenters. The molecule has 0 fully saturated rings. The molecule has 29 heavy (non-hydrogen) atoms. The number of aliphatic carboxylic acids is 1. The minimum absolute atomic E-state index is 0.271. The summed E-state index contributed by atoms with van der Waals surface area (Å²) in [5, 5.41) is 25.6. The first-order valence-corrected chi connectivity index (χ1v) is 9.79. The summed E-state index contributed by atoms with van der Waals surface area (Å²) >= 11 is 0. The van der Waals surface area contributed by atoms with Crippen LogP contribution in [0.3, 0.4) is 0 Å². The van der Waals surface area contributed by atoms with Crippen LogP contribution in [0.15, 0.2) is 0 Å². The number of hydrogen-bond donors (Lipinski definition) is 7. The molecule has 0 aliphatic heterocycles. The van der Waals surface area contributed by atoms with E-state index in [1.54, 1.807) is 6.92 Å². The van der Waals surface area contributed by atoms with Crippen molar-refractivity contribution in [1.82, 2.24) is 16.0 Å². The fourth-order valence-electron chi connectivity index (χ4n) is 2.52. The predicted octanol–water partition coefficient (Wildman–Crippen LogP) is -1.96. The standard InChI is InChI=1S/C18H35N5O6/c1-4-10(2)14(22-16(27)12(20)7-5-6-8-19)18(29)23-15(11(3)24)17(28)21-9-13(25)26/h10-12,14-15,24H,4-9,19-20H2,1-3H3,(H,21,28)(H,22,27)(H,23,29)(H,25,26). The molecule has 9 N–H and O–H groups in total. The highest BCUT2D eigenvalue weighted by atomic mass is 16.4. The summed E-state index contributed by atoms with van der Waals surface area (Å²) < 4.78 is 0. The van der Waals surface area contributed by atoms with Crippen molar-refractivity contribution in [2.24, 2.45) is 17.4 Å². The predicted molar refractivity (Wildman–Crippen MR) is 107 cm³/mol. The SMILES string of the molecule is CCC(C)C(NC(=O)C(N)CCCCN)C(=O)NC(C(=O)NCC(=O)O)C(C)O. The second-order valence-corrected chi connectivity index (χ2v) is 7.10. The Labute approximate surface area is 171 Å². The third-order valence-corrected chi connectivity index (χ3v) is 4.58. The van der Waals surface area contributed by atoms with Gasteiger partial charge >= 0.3 is 5.97 Å². The van der Waals surface area contributed by atoms with Crippen molar-refractivity contribution in [2.75, 3.05) is 13.1 Å². The summed E-state index contributed by atoms with van der Waals surface area (Å²) in [6.07, 6.45) is 1.12. The molecule has 0 aromatic heterocycles. The molecule has 0 saturated heterocycles. The lowest BCUT2D eigenvalue weighted by atomic mass is 9.96. The van der Waals surface area contributed by atoms with Gasteiger partial charge in [-0.05, 0) is 32.2 Å². The maximum atomic E-state index is 12.7. The summed E-state index contributed by atoms with van der Waals surface area (Å²) in [6, 6.07) is -3.14. The lowest BCUT2D eigenvalue weighted by Gasteiger charge is -2.28. The van der Waals surface area contributed by atoms with Crippen molar-refractivity contribution in [3.63, 3.8) is 0 Å². The molecule has 0 radical (unpaired) electrons. The third-order valence-electron chi connectivity index (χ3n) is 4.58. The van der Waals surface area contributed by atoms with E-state index >= 15 is 0 Å². The molecule has 0 heterocycles. The molecule has 0 aromatic rings. The molecule has 0 saturated carbocycles. The molecule has 0 aliphatic carbocycles. The van der Waals surface area contributed by atoms with E-state index in [0.717, 1.165) is 6.42 Å². The zero-order chi connectivity index (χ0) is 22.6. The van der Waals surface area contributed by atoms with E-state index in [9.17, 15) is 24.3 Å². The van der Waals surface area contributed by atoms with Crippen LogP contribution in [0.25, 0.3) is 0 Å². The van der Waals surface area contributed by atoms with E-state index in [-0.39, 0.29) is 5.92 Å². The van der Waals surface area contributed by atoms with Gasteiger partial charge in [0.25, 0.3) is 0 Å². The first-order chi connectivity index (χ1) is 13.5. The minimum Gasteiger partial charge on any atom is -0.480 e. The quantitative estimate of drug-likeness (QED) is 0.158. The number of amides is 3. The summed E-state index contributed by atoms with van der Waals surface area (Å²) in [4.78, 5) is 47.8. The fourth-order valence-corrected chi connectivity index (χ4v) is 2.52. The number of aliphatic hydroxyl groups excluding tert-OH is 1. The largest absolute Gasteiger partial charge is 0.480 e. The Morgan fingerprint density at radius 3 is 2.03 bits per heavy atom. The van der Waals surface area contributed by atoms with Gasteiger partial charge in [-0.2, -0.15) is 0 Å². The highest BCUT2D eigenvalue weighted by molar-refractivity contribution is 5.94. The summed E-state index contributed by atoms with van der Waals surface area (Å²) in [7, 11) is 0. The van der Waals surface area contributed by atoms with Crippen LogP contribution in [-0.2, 0) is 19.2 Å². The zero-order valence-corrected chi connectivity index (χ0v) is 17.3. The third kappa shape index (κ3) is 10.2. The molecule has 11 nitrogen and oxygen atoms in total. The Morgan fingerprint density at radius 2 is 1.55 bits per heavy atom. The van der Waals surface area contributed by atoms with Gasteiger partial charge in [0.2, 0.25) is 17.7 Å². The maximum Gasteiger partial charge on any atom is 0.322 e. The van der Waals surface area contributed by atoms with E-state index in [2.05, 4.69) is 16.0 Å². The van der Waals surface area contributed by atoms with Crippen LogP contribution < -0.4 is 27.4 Å².